The van der Waals surface area contributed by atoms with Crippen molar-refractivity contribution in [2.24, 2.45) is 5.73 Å². The topological polar surface area (TPSA) is 64.3 Å². The van der Waals surface area contributed by atoms with Gasteiger partial charge in [-0.3, -0.25) is 4.79 Å². The lowest BCUT2D eigenvalue weighted by Gasteiger charge is -2.31. The van der Waals surface area contributed by atoms with Gasteiger partial charge in [-0.2, -0.15) is 0 Å². The molecule has 0 radical (unpaired) electrons. The molecule has 4 nitrogen and oxygen atoms in total. The van der Waals surface area contributed by atoms with Gasteiger partial charge < -0.3 is 15.8 Å². The van der Waals surface area contributed by atoms with Crippen LogP contribution in [0.2, 0.25) is 0 Å². The van der Waals surface area contributed by atoms with Crippen LogP contribution in [0.3, 0.4) is 0 Å². The molecule has 1 aromatic carbocycles. The minimum atomic E-state index is -0.238. The number of carbonyl (C=O) groups excluding carboxylic acids is 1. The van der Waals surface area contributed by atoms with Gasteiger partial charge in [0.1, 0.15) is 5.75 Å². The van der Waals surface area contributed by atoms with E-state index in [9.17, 15) is 4.79 Å². The molecule has 4 heteroatoms. The first-order chi connectivity index (χ1) is 9.11. The number of benzene rings is 1. The number of carbonyl (C=O) groups is 1. The molecule has 1 heterocycles. The van der Waals surface area contributed by atoms with Gasteiger partial charge in [0.25, 0.3) is 0 Å². The van der Waals surface area contributed by atoms with Gasteiger partial charge in [0.2, 0.25) is 5.91 Å². The molecule has 0 aromatic heterocycles. The second kappa shape index (κ2) is 5.61. The molecule has 1 fully saturated rings. The molecule has 0 bridgehead atoms. The fourth-order valence-electron chi connectivity index (χ4n) is 2.86. The lowest BCUT2D eigenvalue weighted by Crippen LogP contribution is -2.38. The number of rotatable bonds is 3. The quantitative estimate of drug-likeness (QED) is 0.867. The van der Waals surface area contributed by atoms with Crippen LogP contribution in [0.4, 0.5) is 0 Å². The standard InChI is InChI=1S/C15H22N2O2/c1-11-8-12(4-5-13(11)19-2)15(10-16)6-3-7-17-14(18)9-15/h4-5,8H,3,6-7,9-10,16H2,1-2H3,(H,17,18). The molecular formula is C15H22N2O2. The lowest BCUT2D eigenvalue weighted by molar-refractivity contribution is -0.121. The van der Waals surface area contributed by atoms with Gasteiger partial charge in [-0.1, -0.05) is 12.1 Å². The zero-order chi connectivity index (χ0) is 13.9. The molecule has 2 rings (SSSR count). The smallest absolute Gasteiger partial charge is 0.220 e. The summed E-state index contributed by atoms with van der Waals surface area (Å²) < 4.78 is 5.29. The summed E-state index contributed by atoms with van der Waals surface area (Å²) in [5.41, 5.74) is 8.00. The van der Waals surface area contributed by atoms with Crippen LogP contribution in [-0.2, 0) is 10.2 Å². The highest BCUT2D eigenvalue weighted by atomic mass is 16.5. The maximum absolute atomic E-state index is 11.8. The molecule has 0 saturated carbocycles. The van der Waals surface area contributed by atoms with Crippen molar-refractivity contribution in [2.45, 2.75) is 31.6 Å². The highest BCUT2D eigenvalue weighted by Crippen LogP contribution is 2.35. The summed E-state index contributed by atoms with van der Waals surface area (Å²) in [5.74, 6) is 0.963. The average Bonchev–Trinajstić information content (AvgIpc) is 2.61. The first-order valence-electron chi connectivity index (χ1n) is 6.73. The molecule has 1 amide bonds. The lowest BCUT2D eigenvalue weighted by atomic mass is 9.74. The SMILES string of the molecule is COc1ccc(C2(CN)CCCNC(=O)C2)cc1C. The largest absolute Gasteiger partial charge is 0.496 e. The summed E-state index contributed by atoms with van der Waals surface area (Å²) in [6.07, 6.45) is 2.37. The average molecular weight is 262 g/mol. The molecule has 1 aromatic rings. The van der Waals surface area contributed by atoms with E-state index in [-0.39, 0.29) is 11.3 Å². The number of hydrogen-bond donors (Lipinski definition) is 2. The molecule has 3 N–H and O–H groups in total. The summed E-state index contributed by atoms with van der Waals surface area (Å²) in [6.45, 7) is 3.26. The van der Waals surface area contributed by atoms with Gasteiger partial charge in [-0.25, -0.2) is 0 Å². The molecule has 1 aliphatic rings. The first-order valence-corrected chi connectivity index (χ1v) is 6.73. The van der Waals surface area contributed by atoms with E-state index in [2.05, 4.69) is 11.4 Å². The van der Waals surface area contributed by atoms with E-state index < -0.39 is 0 Å². The van der Waals surface area contributed by atoms with Gasteiger partial charge in [0.05, 0.1) is 7.11 Å². The maximum Gasteiger partial charge on any atom is 0.220 e. The van der Waals surface area contributed by atoms with E-state index in [0.717, 1.165) is 36.3 Å². The van der Waals surface area contributed by atoms with Crippen LogP contribution in [-0.4, -0.2) is 26.1 Å². The zero-order valence-corrected chi connectivity index (χ0v) is 11.7. The maximum atomic E-state index is 11.8. The summed E-state index contributed by atoms with van der Waals surface area (Å²) in [4.78, 5) is 11.8. The molecular weight excluding hydrogens is 240 g/mol. The van der Waals surface area contributed by atoms with Crippen LogP contribution in [0.25, 0.3) is 0 Å². The number of methoxy groups -OCH3 is 1. The van der Waals surface area contributed by atoms with E-state index in [4.69, 9.17) is 10.5 Å². The van der Waals surface area contributed by atoms with Crippen molar-refractivity contribution in [3.8, 4) is 5.75 Å². The Hall–Kier alpha value is -1.55. The van der Waals surface area contributed by atoms with E-state index in [1.54, 1.807) is 7.11 Å². The van der Waals surface area contributed by atoms with Crippen molar-refractivity contribution in [2.75, 3.05) is 20.2 Å². The third-order valence-corrected chi connectivity index (χ3v) is 4.05. The molecule has 0 spiro atoms. The van der Waals surface area contributed by atoms with Gasteiger partial charge in [0, 0.05) is 24.9 Å². The molecule has 104 valence electrons. The Morgan fingerprint density at radius 3 is 2.89 bits per heavy atom. The van der Waals surface area contributed by atoms with Crippen LogP contribution in [0.5, 0.6) is 5.75 Å². The van der Waals surface area contributed by atoms with Crippen molar-refractivity contribution in [3.05, 3.63) is 29.3 Å². The first kappa shape index (κ1) is 13.9. The molecule has 19 heavy (non-hydrogen) atoms. The molecule has 1 unspecified atom stereocenters. The Morgan fingerprint density at radius 2 is 2.26 bits per heavy atom. The van der Waals surface area contributed by atoms with Crippen molar-refractivity contribution >= 4 is 5.91 Å². The highest BCUT2D eigenvalue weighted by molar-refractivity contribution is 5.78. The fourth-order valence-corrected chi connectivity index (χ4v) is 2.86. The summed E-state index contributed by atoms with van der Waals surface area (Å²) in [5, 5.41) is 2.92. The third kappa shape index (κ3) is 2.73. The highest BCUT2D eigenvalue weighted by Gasteiger charge is 2.35. The molecule has 1 aliphatic heterocycles. The fraction of sp³-hybridized carbons (Fsp3) is 0.533. The van der Waals surface area contributed by atoms with Gasteiger partial charge in [0.15, 0.2) is 0 Å². The minimum absolute atomic E-state index is 0.0939. The van der Waals surface area contributed by atoms with Crippen LogP contribution in [0.1, 0.15) is 30.4 Å². The Morgan fingerprint density at radius 1 is 1.47 bits per heavy atom. The van der Waals surface area contributed by atoms with Crippen LogP contribution in [0, 0.1) is 6.92 Å². The van der Waals surface area contributed by atoms with Crippen LogP contribution in [0.15, 0.2) is 18.2 Å². The van der Waals surface area contributed by atoms with E-state index >= 15 is 0 Å². The van der Waals surface area contributed by atoms with E-state index in [1.165, 1.54) is 0 Å². The number of nitrogens with one attached hydrogen (secondary N) is 1. The van der Waals surface area contributed by atoms with Crippen molar-refractivity contribution in [1.82, 2.24) is 5.32 Å². The van der Waals surface area contributed by atoms with E-state index in [1.807, 2.05) is 19.1 Å². The summed E-state index contributed by atoms with van der Waals surface area (Å²) >= 11 is 0. The number of nitrogens with two attached hydrogens (primary N) is 1. The summed E-state index contributed by atoms with van der Waals surface area (Å²) in [7, 11) is 1.67. The van der Waals surface area contributed by atoms with E-state index in [0.29, 0.717) is 13.0 Å². The normalized spacial score (nSPS) is 23.6. The second-order valence-electron chi connectivity index (χ2n) is 5.30. The number of aryl methyl sites for hydroxylation is 1. The number of hydrogen-bond acceptors (Lipinski definition) is 3. The van der Waals surface area contributed by atoms with Gasteiger partial charge >= 0.3 is 0 Å². The predicted octanol–water partition coefficient (Wildman–Crippen LogP) is 1.50. The predicted molar refractivity (Wildman–Crippen MR) is 75.3 cm³/mol. The number of ether oxygens (including phenoxy) is 1. The van der Waals surface area contributed by atoms with Crippen molar-refractivity contribution < 1.29 is 9.53 Å². The Kier molecular flexibility index (Phi) is 4.10. The summed E-state index contributed by atoms with van der Waals surface area (Å²) in [6, 6.07) is 6.10. The van der Waals surface area contributed by atoms with Crippen molar-refractivity contribution in [1.29, 1.82) is 0 Å². The van der Waals surface area contributed by atoms with Crippen molar-refractivity contribution in [3.63, 3.8) is 0 Å². The third-order valence-electron chi connectivity index (χ3n) is 4.05. The zero-order valence-electron chi connectivity index (χ0n) is 11.7. The van der Waals surface area contributed by atoms with Gasteiger partial charge in [-0.15, -0.1) is 0 Å². The van der Waals surface area contributed by atoms with Crippen LogP contribution >= 0.6 is 0 Å². The second-order valence-corrected chi connectivity index (χ2v) is 5.30. The van der Waals surface area contributed by atoms with Crippen LogP contribution < -0.4 is 15.8 Å². The minimum Gasteiger partial charge on any atom is -0.496 e. The Balaban J connectivity index is 2.39. The number of amides is 1. The monoisotopic (exact) mass is 262 g/mol. The molecule has 1 saturated heterocycles. The molecule has 0 aliphatic carbocycles. The molecule has 1 atom stereocenters. The Bertz CT molecular complexity index is 473. The van der Waals surface area contributed by atoms with Gasteiger partial charge in [-0.05, 0) is 37.0 Å². The Labute approximate surface area is 114 Å².